The molecular formula is C18H26N2O3. The van der Waals surface area contributed by atoms with Gasteiger partial charge in [-0.05, 0) is 49.6 Å². The lowest BCUT2D eigenvalue weighted by Gasteiger charge is -2.34. The van der Waals surface area contributed by atoms with Crippen molar-refractivity contribution in [3.63, 3.8) is 0 Å². The molecule has 0 radical (unpaired) electrons. The molecule has 2 aliphatic rings. The second kappa shape index (κ2) is 7.32. The molecule has 1 amide bonds. The summed E-state index contributed by atoms with van der Waals surface area (Å²) >= 11 is 0. The van der Waals surface area contributed by atoms with Crippen LogP contribution in [0.4, 0.5) is 5.69 Å². The van der Waals surface area contributed by atoms with Crippen LogP contribution in [0.15, 0.2) is 18.2 Å². The van der Waals surface area contributed by atoms with E-state index in [1.165, 1.54) is 5.56 Å². The summed E-state index contributed by atoms with van der Waals surface area (Å²) in [6, 6.07) is 6.00. The summed E-state index contributed by atoms with van der Waals surface area (Å²) in [6.45, 7) is 6.09. The van der Waals surface area contributed by atoms with Crippen molar-refractivity contribution < 1.29 is 14.3 Å². The maximum atomic E-state index is 13.0. The van der Waals surface area contributed by atoms with E-state index in [1.807, 2.05) is 17.0 Å². The van der Waals surface area contributed by atoms with Crippen molar-refractivity contribution in [2.75, 3.05) is 44.8 Å². The summed E-state index contributed by atoms with van der Waals surface area (Å²) < 4.78 is 11.1. The van der Waals surface area contributed by atoms with Gasteiger partial charge in [0.2, 0.25) is 0 Å². The SMILES string of the molecule is CCN1CCO[C@@H](C(=O)N2CCCCc3cc(OC)ccc32)C1. The molecule has 0 unspecified atom stereocenters. The largest absolute Gasteiger partial charge is 0.497 e. The average molecular weight is 318 g/mol. The Bertz CT molecular complexity index is 561. The predicted molar refractivity (Wildman–Crippen MR) is 90.1 cm³/mol. The van der Waals surface area contributed by atoms with Crippen LogP contribution in [0.5, 0.6) is 5.75 Å². The lowest BCUT2D eigenvalue weighted by atomic mass is 10.1. The number of fused-ring (bicyclic) bond motifs is 1. The van der Waals surface area contributed by atoms with Crippen LogP contribution in [0.2, 0.25) is 0 Å². The number of carbonyl (C=O) groups excluding carboxylic acids is 1. The van der Waals surface area contributed by atoms with Crippen LogP contribution in [-0.4, -0.2) is 56.8 Å². The first-order valence-electron chi connectivity index (χ1n) is 8.55. The number of aryl methyl sites for hydroxylation is 1. The summed E-state index contributed by atoms with van der Waals surface area (Å²) in [4.78, 5) is 17.2. The fourth-order valence-corrected chi connectivity index (χ4v) is 3.40. The minimum Gasteiger partial charge on any atom is -0.497 e. The first-order chi connectivity index (χ1) is 11.2. The number of hydrogen-bond acceptors (Lipinski definition) is 4. The van der Waals surface area contributed by atoms with Crippen LogP contribution in [0.1, 0.15) is 25.3 Å². The van der Waals surface area contributed by atoms with Crippen molar-refractivity contribution >= 4 is 11.6 Å². The lowest BCUT2D eigenvalue weighted by molar-refractivity contribution is -0.135. The van der Waals surface area contributed by atoms with Crippen molar-refractivity contribution in [1.29, 1.82) is 0 Å². The van der Waals surface area contributed by atoms with E-state index in [2.05, 4.69) is 17.9 Å². The molecule has 3 rings (SSSR count). The van der Waals surface area contributed by atoms with Crippen molar-refractivity contribution in [2.24, 2.45) is 0 Å². The highest BCUT2D eigenvalue weighted by molar-refractivity contribution is 5.97. The molecular weight excluding hydrogens is 292 g/mol. The first kappa shape index (κ1) is 16.3. The Morgan fingerprint density at radius 1 is 1.35 bits per heavy atom. The van der Waals surface area contributed by atoms with Crippen LogP contribution < -0.4 is 9.64 Å². The Labute approximate surface area is 138 Å². The Balaban J connectivity index is 1.83. The summed E-state index contributed by atoms with van der Waals surface area (Å²) in [5, 5.41) is 0. The van der Waals surface area contributed by atoms with Crippen molar-refractivity contribution in [2.45, 2.75) is 32.3 Å². The smallest absolute Gasteiger partial charge is 0.257 e. The number of rotatable bonds is 3. The normalized spacial score (nSPS) is 22.3. The zero-order chi connectivity index (χ0) is 16.2. The summed E-state index contributed by atoms with van der Waals surface area (Å²) in [7, 11) is 1.68. The lowest BCUT2D eigenvalue weighted by Crippen LogP contribution is -2.51. The molecule has 5 nitrogen and oxygen atoms in total. The standard InChI is InChI=1S/C18H26N2O3/c1-3-19-10-11-23-17(13-19)18(21)20-9-5-4-6-14-12-15(22-2)7-8-16(14)20/h7-8,12,17H,3-6,9-11,13H2,1-2H3/t17-/m1/s1. The number of ether oxygens (including phenoxy) is 2. The fraction of sp³-hybridized carbons (Fsp3) is 0.611. The third-order valence-electron chi connectivity index (χ3n) is 4.79. The maximum absolute atomic E-state index is 13.0. The minimum atomic E-state index is -0.350. The number of hydrogen-bond donors (Lipinski definition) is 0. The molecule has 23 heavy (non-hydrogen) atoms. The molecule has 0 N–H and O–H groups in total. The van der Waals surface area contributed by atoms with Gasteiger partial charge in [-0.25, -0.2) is 0 Å². The topological polar surface area (TPSA) is 42.0 Å². The van der Waals surface area contributed by atoms with E-state index < -0.39 is 0 Å². The van der Waals surface area contributed by atoms with Crippen LogP contribution in [0, 0.1) is 0 Å². The summed E-state index contributed by atoms with van der Waals surface area (Å²) in [6.07, 6.45) is 2.75. The number of benzene rings is 1. The zero-order valence-electron chi connectivity index (χ0n) is 14.1. The number of carbonyl (C=O) groups is 1. The molecule has 0 bridgehead atoms. The Hall–Kier alpha value is -1.59. The average Bonchev–Trinajstić information content (AvgIpc) is 2.82. The van der Waals surface area contributed by atoms with E-state index in [0.717, 1.165) is 50.3 Å². The molecule has 2 aliphatic heterocycles. The highest BCUT2D eigenvalue weighted by atomic mass is 16.5. The molecule has 0 spiro atoms. The molecule has 1 fully saturated rings. The molecule has 2 heterocycles. The number of morpholine rings is 1. The molecule has 1 aromatic carbocycles. The minimum absolute atomic E-state index is 0.0940. The molecule has 1 saturated heterocycles. The molecule has 0 aliphatic carbocycles. The predicted octanol–water partition coefficient (Wildman–Crippen LogP) is 2.09. The van der Waals surface area contributed by atoms with Gasteiger partial charge >= 0.3 is 0 Å². The molecule has 0 aromatic heterocycles. The van der Waals surface area contributed by atoms with Crippen molar-refractivity contribution in [3.8, 4) is 5.75 Å². The number of nitrogens with zero attached hydrogens (tertiary/aromatic N) is 2. The van der Waals surface area contributed by atoms with E-state index in [0.29, 0.717) is 13.2 Å². The Morgan fingerprint density at radius 3 is 3.00 bits per heavy atom. The molecule has 126 valence electrons. The number of likely N-dealkylation sites (N-methyl/N-ethyl adjacent to an activating group) is 1. The van der Waals surface area contributed by atoms with E-state index >= 15 is 0 Å². The number of anilines is 1. The second-order valence-electron chi connectivity index (χ2n) is 6.19. The van der Waals surface area contributed by atoms with Crippen molar-refractivity contribution in [3.05, 3.63) is 23.8 Å². The van der Waals surface area contributed by atoms with Gasteiger partial charge < -0.3 is 14.4 Å². The highest BCUT2D eigenvalue weighted by Crippen LogP contribution is 2.30. The van der Waals surface area contributed by atoms with Gasteiger partial charge in [0.25, 0.3) is 5.91 Å². The summed E-state index contributed by atoms with van der Waals surface area (Å²) in [5.74, 6) is 0.945. The third-order valence-corrected chi connectivity index (χ3v) is 4.79. The summed E-state index contributed by atoms with van der Waals surface area (Å²) in [5.41, 5.74) is 2.21. The quantitative estimate of drug-likeness (QED) is 0.856. The van der Waals surface area contributed by atoms with Gasteiger partial charge in [-0.1, -0.05) is 6.92 Å². The Kier molecular flexibility index (Phi) is 5.18. The number of amides is 1. The van der Waals surface area contributed by atoms with E-state index in [-0.39, 0.29) is 12.0 Å². The molecule has 0 saturated carbocycles. The number of methoxy groups -OCH3 is 1. The van der Waals surface area contributed by atoms with Gasteiger partial charge in [0.1, 0.15) is 11.9 Å². The van der Waals surface area contributed by atoms with Crippen LogP contribution >= 0.6 is 0 Å². The third kappa shape index (κ3) is 3.51. The first-order valence-corrected chi connectivity index (χ1v) is 8.55. The monoisotopic (exact) mass is 318 g/mol. The van der Waals surface area contributed by atoms with Gasteiger partial charge in [0.15, 0.2) is 0 Å². The fourth-order valence-electron chi connectivity index (χ4n) is 3.40. The molecule has 1 atom stereocenters. The van der Waals surface area contributed by atoms with Gasteiger partial charge in [0, 0.05) is 25.3 Å². The Morgan fingerprint density at radius 2 is 2.22 bits per heavy atom. The maximum Gasteiger partial charge on any atom is 0.257 e. The van der Waals surface area contributed by atoms with Gasteiger partial charge in [-0.15, -0.1) is 0 Å². The molecule has 1 aromatic rings. The van der Waals surface area contributed by atoms with Gasteiger partial charge in [0.05, 0.1) is 13.7 Å². The van der Waals surface area contributed by atoms with Crippen LogP contribution in [-0.2, 0) is 16.0 Å². The van der Waals surface area contributed by atoms with E-state index in [4.69, 9.17) is 9.47 Å². The van der Waals surface area contributed by atoms with E-state index in [9.17, 15) is 4.79 Å². The zero-order valence-corrected chi connectivity index (χ0v) is 14.1. The highest BCUT2D eigenvalue weighted by Gasteiger charge is 2.32. The van der Waals surface area contributed by atoms with Gasteiger partial charge in [-0.3, -0.25) is 9.69 Å². The second-order valence-corrected chi connectivity index (χ2v) is 6.19. The van der Waals surface area contributed by atoms with E-state index in [1.54, 1.807) is 7.11 Å². The van der Waals surface area contributed by atoms with Crippen LogP contribution in [0.3, 0.4) is 0 Å². The van der Waals surface area contributed by atoms with Crippen LogP contribution in [0.25, 0.3) is 0 Å². The van der Waals surface area contributed by atoms with Gasteiger partial charge in [-0.2, -0.15) is 0 Å². The van der Waals surface area contributed by atoms with Crippen molar-refractivity contribution in [1.82, 2.24) is 4.90 Å². The molecule has 5 heteroatoms.